The zero-order valence-corrected chi connectivity index (χ0v) is 20.3. The SMILES string of the molecule is CC(C)Nc1cc(-c2cc3n(c2)CC2(COC2)CC(Cc2ccccc2CO)C3=O)c(Cl)cn1. The van der Waals surface area contributed by atoms with Crippen molar-refractivity contribution in [3.63, 3.8) is 0 Å². The van der Waals surface area contributed by atoms with Crippen LogP contribution in [0.1, 0.15) is 41.9 Å². The molecule has 0 aliphatic carbocycles. The highest BCUT2D eigenvalue weighted by Crippen LogP contribution is 2.43. The summed E-state index contributed by atoms with van der Waals surface area (Å²) in [5.74, 6) is 0.713. The maximum atomic E-state index is 13.8. The Bertz CT molecular complexity index is 1220. The molecule has 3 aromatic rings. The van der Waals surface area contributed by atoms with E-state index in [1.54, 1.807) is 6.20 Å². The highest BCUT2D eigenvalue weighted by atomic mass is 35.5. The van der Waals surface area contributed by atoms with E-state index in [4.69, 9.17) is 16.3 Å². The van der Waals surface area contributed by atoms with Crippen LogP contribution in [0.2, 0.25) is 5.02 Å². The first kappa shape index (κ1) is 23.1. The van der Waals surface area contributed by atoms with Crippen LogP contribution in [0.5, 0.6) is 0 Å². The maximum Gasteiger partial charge on any atom is 0.182 e. The number of aliphatic hydroxyl groups excluding tert-OH is 1. The van der Waals surface area contributed by atoms with Crippen LogP contribution in [-0.4, -0.2) is 39.7 Å². The van der Waals surface area contributed by atoms with Crippen molar-refractivity contribution in [2.45, 2.75) is 45.9 Å². The minimum Gasteiger partial charge on any atom is -0.392 e. The van der Waals surface area contributed by atoms with Crippen molar-refractivity contribution in [1.82, 2.24) is 9.55 Å². The Kier molecular flexibility index (Phi) is 6.23. The highest BCUT2D eigenvalue weighted by molar-refractivity contribution is 6.33. The number of carbonyl (C=O) groups excluding carboxylic acids is 1. The monoisotopic (exact) mass is 479 g/mol. The third kappa shape index (κ3) is 4.38. The number of ether oxygens (including phenoxy) is 1. The van der Waals surface area contributed by atoms with Gasteiger partial charge in [0.15, 0.2) is 5.78 Å². The van der Waals surface area contributed by atoms with E-state index in [1.807, 2.05) is 42.6 Å². The summed E-state index contributed by atoms with van der Waals surface area (Å²) in [6.07, 6.45) is 5.08. The summed E-state index contributed by atoms with van der Waals surface area (Å²) in [6.45, 7) is 6.15. The lowest BCUT2D eigenvalue weighted by Crippen LogP contribution is -2.46. The molecule has 34 heavy (non-hydrogen) atoms. The number of rotatable bonds is 6. The first-order chi connectivity index (χ1) is 16.4. The summed E-state index contributed by atoms with van der Waals surface area (Å²) in [7, 11) is 0. The Hall–Kier alpha value is -2.67. The third-order valence-electron chi connectivity index (χ3n) is 6.88. The molecule has 6 nitrogen and oxygen atoms in total. The summed E-state index contributed by atoms with van der Waals surface area (Å²) in [5, 5.41) is 13.7. The van der Waals surface area contributed by atoms with Crippen LogP contribution in [0.25, 0.3) is 11.1 Å². The summed E-state index contributed by atoms with van der Waals surface area (Å²) in [5.41, 5.74) is 4.33. The number of hydrogen-bond donors (Lipinski definition) is 2. The molecule has 1 aromatic carbocycles. The van der Waals surface area contributed by atoms with Crippen LogP contribution in [-0.2, 0) is 24.3 Å². The third-order valence-corrected chi connectivity index (χ3v) is 7.18. The second kappa shape index (κ2) is 9.17. The van der Waals surface area contributed by atoms with E-state index in [1.165, 1.54) is 0 Å². The molecule has 0 amide bonds. The molecule has 1 spiro atoms. The predicted octanol–water partition coefficient (Wildman–Crippen LogP) is 4.98. The molecular weight excluding hydrogens is 450 g/mol. The van der Waals surface area contributed by atoms with E-state index < -0.39 is 0 Å². The van der Waals surface area contributed by atoms with Crippen molar-refractivity contribution < 1.29 is 14.6 Å². The number of ketones is 1. The molecule has 2 N–H and O–H groups in total. The van der Waals surface area contributed by atoms with E-state index in [9.17, 15) is 9.90 Å². The van der Waals surface area contributed by atoms with Crippen LogP contribution < -0.4 is 5.32 Å². The van der Waals surface area contributed by atoms with Crippen molar-refractivity contribution in [3.8, 4) is 11.1 Å². The fourth-order valence-electron chi connectivity index (χ4n) is 5.22. The topological polar surface area (TPSA) is 76.4 Å². The summed E-state index contributed by atoms with van der Waals surface area (Å²) < 4.78 is 7.71. The van der Waals surface area contributed by atoms with Crippen molar-refractivity contribution in [2.75, 3.05) is 18.5 Å². The number of halogens is 1. The fraction of sp³-hybridized carbons (Fsp3) is 0.407. The molecule has 0 radical (unpaired) electrons. The number of aromatic nitrogens is 2. The largest absolute Gasteiger partial charge is 0.392 e. The molecule has 5 rings (SSSR count). The Morgan fingerprint density at radius 1 is 1.26 bits per heavy atom. The van der Waals surface area contributed by atoms with Crippen LogP contribution in [0, 0.1) is 11.3 Å². The second-order valence-electron chi connectivity index (χ2n) is 9.98. The lowest BCUT2D eigenvalue weighted by atomic mass is 9.75. The number of fused-ring (bicyclic) bond motifs is 1. The number of anilines is 1. The Morgan fingerprint density at radius 2 is 2.03 bits per heavy atom. The van der Waals surface area contributed by atoms with Gasteiger partial charge >= 0.3 is 0 Å². The zero-order valence-electron chi connectivity index (χ0n) is 19.6. The molecule has 1 saturated heterocycles. The maximum absolute atomic E-state index is 13.8. The molecule has 178 valence electrons. The van der Waals surface area contributed by atoms with E-state index in [2.05, 4.69) is 28.7 Å². The molecule has 7 heteroatoms. The van der Waals surface area contributed by atoms with Crippen LogP contribution in [0.4, 0.5) is 5.82 Å². The number of nitrogens with zero attached hydrogens (tertiary/aromatic N) is 2. The summed E-state index contributed by atoms with van der Waals surface area (Å²) in [4.78, 5) is 18.2. The Morgan fingerprint density at radius 3 is 2.71 bits per heavy atom. The van der Waals surface area contributed by atoms with Crippen molar-refractivity contribution in [1.29, 1.82) is 0 Å². The normalized spacial score (nSPS) is 19.1. The van der Waals surface area contributed by atoms with Gasteiger partial charge in [-0.3, -0.25) is 4.79 Å². The van der Waals surface area contributed by atoms with E-state index >= 15 is 0 Å². The van der Waals surface area contributed by atoms with Gasteiger partial charge in [-0.05, 0) is 49.9 Å². The van der Waals surface area contributed by atoms with Crippen molar-refractivity contribution in [2.24, 2.45) is 11.3 Å². The summed E-state index contributed by atoms with van der Waals surface area (Å²) >= 11 is 6.54. The lowest BCUT2D eigenvalue weighted by molar-refractivity contribution is -0.129. The average Bonchev–Trinajstić information content (AvgIpc) is 3.16. The molecular formula is C27H30ClN3O3. The average molecular weight is 480 g/mol. The molecule has 2 aliphatic heterocycles. The molecule has 4 heterocycles. The van der Waals surface area contributed by atoms with Gasteiger partial charge in [-0.1, -0.05) is 35.9 Å². The number of nitrogens with one attached hydrogen (secondary N) is 1. The number of aliphatic hydroxyl groups is 1. The van der Waals surface area contributed by atoms with E-state index in [0.29, 0.717) is 30.4 Å². The molecule has 1 unspecified atom stereocenters. The standard InChI is InChI=1S/C27H30ClN3O3/c1-17(2)30-25-9-22(23(28)11-29-25)21-8-24-26(33)20(7-18-5-3-4-6-19(18)13-32)10-27(15-34-16-27)14-31(24)12-21/h3-6,8-9,11-12,17,20,32H,7,10,13-16H2,1-2H3,(H,29,30). The highest BCUT2D eigenvalue weighted by Gasteiger charge is 2.45. The van der Waals surface area contributed by atoms with Gasteiger partial charge in [-0.15, -0.1) is 0 Å². The van der Waals surface area contributed by atoms with Gasteiger partial charge in [0.2, 0.25) is 0 Å². The first-order valence-corrected chi connectivity index (χ1v) is 12.2. The number of carbonyl (C=O) groups is 1. The van der Waals surface area contributed by atoms with Crippen molar-refractivity contribution in [3.05, 3.63) is 70.6 Å². The minimum absolute atomic E-state index is 0.0286. The van der Waals surface area contributed by atoms with Crippen LogP contribution in [0.3, 0.4) is 0 Å². The van der Waals surface area contributed by atoms with E-state index in [-0.39, 0.29) is 29.8 Å². The van der Waals surface area contributed by atoms with Gasteiger partial charge in [0.05, 0.1) is 30.5 Å². The Labute approximate surface area is 204 Å². The molecule has 1 atom stereocenters. The fourth-order valence-corrected chi connectivity index (χ4v) is 5.43. The van der Waals surface area contributed by atoms with Crippen molar-refractivity contribution >= 4 is 23.2 Å². The number of Topliss-reactive ketones (excluding diaryl/α,β-unsaturated/α-hetero) is 1. The second-order valence-corrected chi connectivity index (χ2v) is 10.4. The van der Waals surface area contributed by atoms with Gasteiger partial charge in [-0.25, -0.2) is 4.98 Å². The molecule has 0 saturated carbocycles. The first-order valence-electron chi connectivity index (χ1n) is 11.8. The van der Waals surface area contributed by atoms with Gasteiger partial charge in [-0.2, -0.15) is 0 Å². The summed E-state index contributed by atoms with van der Waals surface area (Å²) in [6, 6.07) is 12.0. The molecule has 0 bridgehead atoms. The predicted molar refractivity (Wildman–Crippen MR) is 133 cm³/mol. The Balaban J connectivity index is 1.52. The minimum atomic E-state index is -0.174. The quantitative estimate of drug-likeness (QED) is 0.521. The van der Waals surface area contributed by atoms with Gasteiger partial charge in [0.1, 0.15) is 5.82 Å². The number of benzene rings is 1. The molecule has 2 aromatic heterocycles. The lowest BCUT2D eigenvalue weighted by Gasteiger charge is -2.42. The molecule has 2 aliphatic rings. The zero-order chi connectivity index (χ0) is 23.9. The van der Waals surface area contributed by atoms with Crippen LogP contribution in [0.15, 0.2) is 48.8 Å². The number of hydrogen-bond acceptors (Lipinski definition) is 5. The van der Waals surface area contributed by atoms with E-state index in [0.717, 1.165) is 41.0 Å². The van der Waals surface area contributed by atoms with Gasteiger partial charge in [0, 0.05) is 47.4 Å². The molecule has 1 fully saturated rings. The van der Waals surface area contributed by atoms with Gasteiger partial charge < -0.3 is 19.7 Å². The number of pyridine rings is 1. The van der Waals surface area contributed by atoms with Crippen LogP contribution >= 0.6 is 11.6 Å². The van der Waals surface area contributed by atoms with Gasteiger partial charge in [0.25, 0.3) is 0 Å². The smallest absolute Gasteiger partial charge is 0.182 e.